The highest BCUT2D eigenvalue weighted by atomic mass is 32.2. The van der Waals surface area contributed by atoms with Gasteiger partial charge in [-0.3, -0.25) is 4.72 Å². The average Bonchev–Trinajstić information content (AvgIpc) is 2.88. The van der Waals surface area contributed by atoms with Crippen molar-refractivity contribution in [3.8, 4) is 0 Å². The van der Waals surface area contributed by atoms with E-state index in [4.69, 9.17) is 4.98 Å². The number of pyridine rings is 1. The second-order valence-corrected chi connectivity index (χ2v) is 10.6. The van der Waals surface area contributed by atoms with Gasteiger partial charge in [0.1, 0.15) is 5.82 Å². The predicted octanol–water partition coefficient (Wildman–Crippen LogP) is 3.47. The van der Waals surface area contributed by atoms with E-state index >= 15 is 0 Å². The number of piperazine rings is 1. The highest BCUT2D eigenvalue weighted by molar-refractivity contribution is 7.92. The van der Waals surface area contributed by atoms with Gasteiger partial charge in [0.25, 0.3) is 10.0 Å². The van der Waals surface area contributed by atoms with Crippen molar-refractivity contribution >= 4 is 44.3 Å². The maximum absolute atomic E-state index is 13.0. The van der Waals surface area contributed by atoms with Crippen LogP contribution in [0.2, 0.25) is 0 Å². The fourth-order valence-electron chi connectivity index (χ4n) is 4.52. The van der Waals surface area contributed by atoms with Crippen LogP contribution < -0.4 is 14.5 Å². The molecule has 1 aliphatic rings. The first kappa shape index (κ1) is 24.4. The molecule has 2 aromatic carbocycles. The van der Waals surface area contributed by atoms with Crippen LogP contribution in [0.25, 0.3) is 10.9 Å². The van der Waals surface area contributed by atoms with E-state index in [1.54, 1.807) is 61.8 Å². The monoisotopic (exact) mass is 518 g/mol. The van der Waals surface area contributed by atoms with Crippen molar-refractivity contribution in [1.29, 1.82) is 0 Å². The van der Waals surface area contributed by atoms with E-state index in [2.05, 4.69) is 19.6 Å². The van der Waals surface area contributed by atoms with E-state index < -0.39 is 16.0 Å². The lowest BCUT2D eigenvalue weighted by atomic mass is 10.1. The summed E-state index contributed by atoms with van der Waals surface area (Å²) in [6.45, 7) is 6.23. The van der Waals surface area contributed by atoms with Gasteiger partial charge in [0, 0.05) is 49.6 Å². The number of nitrogens with zero attached hydrogens (tertiary/aromatic N) is 5. The fraction of sp³-hybridized carbons (Fsp3) is 0.231. The average molecular weight is 519 g/mol. The van der Waals surface area contributed by atoms with E-state index in [0.717, 1.165) is 5.56 Å². The van der Waals surface area contributed by atoms with Crippen molar-refractivity contribution in [3.63, 3.8) is 0 Å². The normalized spacial score (nSPS) is 14.1. The highest BCUT2D eigenvalue weighted by Gasteiger charge is 2.23. The van der Waals surface area contributed by atoms with E-state index in [9.17, 15) is 18.3 Å². The number of hydrogen-bond acceptors (Lipinski definition) is 8. The lowest BCUT2D eigenvalue weighted by Crippen LogP contribution is -2.47. The molecule has 10 nitrogen and oxygen atoms in total. The first-order chi connectivity index (χ1) is 17.7. The number of carboxylic acid groups (broad SMARTS) is 1. The van der Waals surface area contributed by atoms with Gasteiger partial charge in [-0.1, -0.05) is 17.7 Å². The Balaban J connectivity index is 1.42. The topological polar surface area (TPSA) is 129 Å². The number of hydrogen-bond donors (Lipinski definition) is 2. The Morgan fingerprint density at radius 2 is 1.65 bits per heavy atom. The van der Waals surface area contributed by atoms with E-state index in [0.29, 0.717) is 54.4 Å². The molecule has 11 heteroatoms. The molecule has 2 N–H and O–H groups in total. The van der Waals surface area contributed by atoms with Gasteiger partial charge in [0.15, 0.2) is 0 Å². The predicted molar refractivity (Wildman–Crippen MR) is 142 cm³/mol. The van der Waals surface area contributed by atoms with Crippen LogP contribution in [0.1, 0.15) is 21.5 Å². The molecule has 4 aromatic rings. The Morgan fingerprint density at radius 3 is 2.32 bits per heavy atom. The molecule has 0 radical (unpaired) electrons. The van der Waals surface area contributed by atoms with Crippen molar-refractivity contribution in [2.75, 3.05) is 40.7 Å². The molecule has 0 bridgehead atoms. The van der Waals surface area contributed by atoms with Gasteiger partial charge in [0.2, 0.25) is 5.95 Å². The number of nitrogens with one attached hydrogen (secondary N) is 1. The molecule has 1 fully saturated rings. The minimum absolute atomic E-state index is 0.0568. The number of anilines is 3. The van der Waals surface area contributed by atoms with Crippen LogP contribution in [0.15, 0.2) is 65.8 Å². The Hall–Kier alpha value is -4.25. The highest BCUT2D eigenvalue weighted by Crippen LogP contribution is 2.28. The standard InChI is InChI=1S/C26H26N6O4S/c1-17-4-7-23(18(2)14-17)37(35,36)30-19-5-6-22-20(15-19)21(25(33)34)16-24(29-22)31-10-12-32(13-11-31)26-27-8-3-9-28-26/h3-9,14-16,30H,10-13H2,1-2H3,(H,33,34). The molecular formula is C26H26N6O4S. The minimum Gasteiger partial charge on any atom is -0.478 e. The summed E-state index contributed by atoms with van der Waals surface area (Å²) in [6.07, 6.45) is 3.41. The SMILES string of the molecule is Cc1ccc(S(=O)(=O)Nc2ccc3nc(N4CCN(c5ncccn5)CC4)cc(C(=O)O)c3c2)c(C)c1. The lowest BCUT2D eigenvalue weighted by Gasteiger charge is -2.35. The first-order valence-electron chi connectivity index (χ1n) is 11.8. The molecule has 0 amide bonds. The number of carbonyl (C=O) groups is 1. The summed E-state index contributed by atoms with van der Waals surface area (Å²) in [5.74, 6) is 0.108. The zero-order valence-corrected chi connectivity index (χ0v) is 21.2. The van der Waals surface area contributed by atoms with Gasteiger partial charge in [-0.05, 0) is 55.8 Å². The molecule has 0 atom stereocenters. The Bertz CT molecular complexity index is 1590. The number of fused-ring (bicyclic) bond motifs is 1. The molecule has 1 saturated heterocycles. The molecule has 0 aliphatic carbocycles. The summed E-state index contributed by atoms with van der Waals surface area (Å²) < 4.78 is 28.6. The summed E-state index contributed by atoms with van der Waals surface area (Å²) in [5, 5.41) is 10.3. The van der Waals surface area contributed by atoms with Crippen molar-refractivity contribution in [3.05, 3.63) is 77.6 Å². The maximum Gasteiger partial charge on any atom is 0.336 e. The van der Waals surface area contributed by atoms with Crippen molar-refractivity contribution in [2.24, 2.45) is 0 Å². The molecule has 2 aromatic heterocycles. The van der Waals surface area contributed by atoms with Gasteiger partial charge < -0.3 is 14.9 Å². The summed E-state index contributed by atoms with van der Waals surface area (Å²) >= 11 is 0. The third kappa shape index (κ3) is 5.03. The van der Waals surface area contributed by atoms with Crippen molar-refractivity contribution < 1.29 is 18.3 Å². The molecule has 5 rings (SSSR count). The number of carboxylic acids is 1. The zero-order valence-electron chi connectivity index (χ0n) is 20.4. The minimum atomic E-state index is -3.86. The lowest BCUT2D eigenvalue weighted by molar-refractivity contribution is 0.0699. The van der Waals surface area contributed by atoms with Crippen LogP contribution in [0.3, 0.4) is 0 Å². The molecule has 37 heavy (non-hydrogen) atoms. The van der Waals surface area contributed by atoms with Crippen LogP contribution in [-0.4, -0.2) is 60.6 Å². The number of aromatic nitrogens is 3. The fourth-order valence-corrected chi connectivity index (χ4v) is 5.79. The third-order valence-electron chi connectivity index (χ3n) is 6.34. The number of rotatable bonds is 6. The summed E-state index contributed by atoms with van der Waals surface area (Å²) in [4.78, 5) is 29.7. The number of sulfonamides is 1. The van der Waals surface area contributed by atoms with Crippen LogP contribution in [0, 0.1) is 13.8 Å². The van der Waals surface area contributed by atoms with Gasteiger partial charge >= 0.3 is 5.97 Å². The molecule has 0 unspecified atom stereocenters. The van der Waals surface area contributed by atoms with E-state index in [1.165, 1.54) is 6.07 Å². The first-order valence-corrected chi connectivity index (χ1v) is 13.2. The molecule has 3 heterocycles. The molecule has 0 spiro atoms. The molecule has 190 valence electrons. The number of aryl methyl sites for hydroxylation is 2. The van der Waals surface area contributed by atoms with Gasteiger partial charge in [0.05, 0.1) is 16.0 Å². The second-order valence-electron chi connectivity index (χ2n) is 8.96. The summed E-state index contributed by atoms with van der Waals surface area (Å²) in [7, 11) is -3.86. The summed E-state index contributed by atoms with van der Waals surface area (Å²) in [6, 6.07) is 13.2. The van der Waals surface area contributed by atoms with Crippen molar-refractivity contribution in [1.82, 2.24) is 15.0 Å². The van der Waals surface area contributed by atoms with Gasteiger partial charge in [-0.2, -0.15) is 0 Å². The maximum atomic E-state index is 13.0. The second kappa shape index (κ2) is 9.66. The van der Waals surface area contributed by atoms with E-state index in [-0.39, 0.29) is 16.1 Å². The molecule has 0 saturated carbocycles. The Morgan fingerprint density at radius 1 is 0.946 bits per heavy atom. The third-order valence-corrected chi connectivity index (χ3v) is 7.88. The number of aromatic carboxylic acids is 1. The largest absolute Gasteiger partial charge is 0.478 e. The quantitative estimate of drug-likeness (QED) is 0.394. The van der Waals surface area contributed by atoms with Crippen LogP contribution in [-0.2, 0) is 10.0 Å². The van der Waals surface area contributed by atoms with Crippen molar-refractivity contribution in [2.45, 2.75) is 18.7 Å². The molecule has 1 aliphatic heterocycles. The van der Waals surface area contributed by atoms with E-state index in [1.807, 2.05) is 11.8 Å². The Kier molecular flexibility index (Phi) is 6.38. The Labute approximate surface area is 214 Å². The summed E-state index contributed by atoms with van der Waals surface area (Å²) in [5.41, 5.74) is 2.38. The van der Waals surface area contributed by atoms with Gasteiger partial charge in [-0.15, -0.1) is 0 Å². The zero-order chi connectivity index (χ0) is 26.2. The van der Waals surface area contributed by atoms with Gasteiger partial charge in [-0.25, -0.2) is 28.2 Å². The van der Waals surface area contributed by atoms with Crippen LogP contribution in [0.5, 0.6) is 0 Å². The van der Waals surface area contributed by atoms with Crippen LogP contribution >= 0.6 is 0 Å². The van der Waals surface area contributed by atoms with Crippen LogP contribution in [0.4, 0.5) is 17.5 Å². The molecular weight excluding hydrogens is 492 g/mol. The smallest absolute Gasteiger partial charge is 0.336 e. The number of benzene rings is 2.